The third-order valence-corrected chi connectivity index (χ3v) is 4.44. The van der Waals surface area contributed by atoms with Crippen LogP contribution in [0.3, 0.4) is 0 Å². The van der Waals surface area contributed by atoms with E-state index in [0.29, 0.717) is 18.1 Å². The predicted octanol–water partition coefficient (Wildman–Crippen LogP) is 3.87. The molecule has 28 heavy (non-hydrogen) atoms. The van der Waals surface area contributed by atoms with Gasteiger partial charge in [-0.25, -0.2) is 15.0 Å². The van der Waals surface area contributed by atoms with E-state index >= 15 is 0 Å². The monoisotopic (exact) mass is 380 g/mol. The van der Waals surface area contributed by atoms with E-state index in [9.17, 15) is 4.79 Å². The lowest BCUT2D eigenvalue weighted by molar-refractivity contribution is 0.0949. The summed E-state index contributed by atoms with van der Waals surface area (Å²) in [6.07, 6.45) is 2.12. The van der Waals surface area contributed by atoms with Crippen molar-refractivity contribution in [3.63, 3.8) is 0 Å². The number of nitrogens with one attached hydrogen (secondary N) is 2. The number of aromatic amines is 1. The molecule has 148 valence electrons. The fourth-order valence-electron chi connectivity index (χ4n) is 2.97. The van der Waals surface area contributed by atoms with Gasteiger partial charge in [-0.05, 0) is 36.6 Å². The summed E-state index contributed by atoms with van der Waals surface area (Å²) in [4.78, 5) is 28.7. The van der Waals surface area contributed by atoms with E-state index < -0.39 is 0 Å². The molecule has 0 bridgehead atoms. The predicted molar refractivity (Wildman–Crippen MR) is 117 cm³/mol. The van der Waals surface area contributed by atoms with Crippen LogP contribution < -0.4 is 11.1 Å². The van der Waals surface area contributed by atoms with E-state index in [1.54, 1.807) is 0 Å². The van der Waals surface area contributed by atoms with Gasteiger partial charge < -0.3 is 16.0 Å². The smallest absolute Gasteiger partial charge is 0.271 e. The molecule has 4 aromatic rings. The number of carbonyl (C=O) groups is 1. The lowest BCUT2D eigenvalue weighted by Gasteiger charge is -2.07. The van der Waals surface area contributed by atoms with Gasteiger partial charge in [-0.2, -0.15) is 0 Å². The highest BCUT2D eigenvalue weighted by atomic mass is 16.1. The minimum Gasteiger partial charge on any atom is -0.382 e. The normalized spacial score (nSPS) is 10.9. The molecule has 0 aliphatic carbocycles. The number of hydrogen-bond acceptors (Lipinski definition) is 5. The van der Waals surface area contributed by atoms with Crippen molar-refractivity contribution in [3.05, 3.63) is 71.5 Å². The summed E-state index contributed by atoms with van der Waals surface area (Å²) >= 11 is 0. The lowest BCUT2D eigenvalue weighted by atomic mass is 10.1. The molecule has 2 heterocycles. The van der Waals surface area contributed by atoms with Gasteiger partial charge >= 0.3 is 0 Å². The molecule has 0 aliphatic rings. The number of fused-ring (bicyclic) bond motifs is 1. The zero-order valence-electron chi connectivity index (χ0n) is 15.4. The van der Waals surface area contributed by atoms with Crippen LogP contribution in [-0.4, -0.2) is 32.4 Å². The number of aromatic nitrogens is 4. The number of imidazole rings is 1. The molecule has 7 nitrogen and oxygen atoms in total. The van der Waals surface area contributed by atoms with Crippen molar-refractivity contribution in [2.45, 2.75) is 13.3 Å². The Labute approximate surface area is 168 Å². The van der Waals surface area contributed by atoms with Gasteiger partial charge in [-0.3, -0.25) is 4.79 Å². The zero-order valence-corrected chi connectivity index (χ0v) is 15.4. The van der Waals surface area contributed by atoms with Crippen LogP contribution in [0.15, 0.2) is 54.7 Å². The molecule has 4 rings (SSSR count). The zero-order chi connectivity index (χ0) is 19.5. The van der Waals surface area contributed by atoms with Gasteiger partial charge in [-0.15, -0.1) is 0 Å². The average molecular weight is 380 g/mol. The highest BCUT2D eigenvalue weighted by Gasteiger charge is 2.15. The van der Waals surface area contributed by atoms with E-state index in [4.69, 9.17) is 5.73 Å². The Balaban J connectivity index is 0.00000240. The van der Waals surface area contributed by atoms with E-state index in [-0.39, 0.29) is 23.1 Å². The van der Waals surface area contributed by atoms with Gasteiger partial charge in [0.05, 0.1) is 17.2 Å². The summed E-state index contributed by atoms with van der Waals surface area (Å²) in [7, 11) is 0. The minimum atomic E-state index is -0.295. The molecule has 0 aliphatic heterocycles. The molecule has 0 saturated carbocycles. The van der Waals surface area contributed by atoms with Gasteiger partial charge in [0.25, 0.3) is 5.91 Å². The quantitative estimate of drug-likeness (QED) is 0.487. The minimum absolute atomic E-state index is 0. The highest BCUT2D eigenvalue weighted by Crippen LogP contribution is 2.23. The first-order chi connectivity index (χ1) is 13.6. The molecule has 0 fully saturated rings. The maximum Gasteiger partial charge on any atom is 0.271 e. The van der Waals surface area contributed by atoms with Crippen molar-refractivity contribution in [2.24, 2.45) is 0 Å². The number of rotatable bonds is 5. The molecule has 0 unspecified atom stereocenters. The van der Waals surface area contributed by atoms with Crippen LogP contribution in [0.25, 0.3) is 22.6 Å². The van der Waals surface area contributed by atoms with E-state index in [0.717, 1.165) is 28.6 Å². The number of nitrogen functional groups attached to an aromatic ring is 1. The molecule has 4 N–H and O–H groups in total. The van der Waals surface area contributed by atoms with Gasteiger partial charge in [0.1, 0.15) is 11.4 Å². The Morgan fingerprint density at radius 1 is 1.18 bits per heavy atom. The van der Waals surface area contributed by atoms with Crippen molar-refractivity contribution in [1.29, 1.82) is 0 Å². The number of nitrogens with two attached hydrogens (primary N) is 1. The highest BCUT2D eigenvalue weighted by molar-refractivity contribution is 5.93. The van der Waals surface area contributed by atoms with Crippen LogP contribution in [0.5, 0.6) is 0 Å². The number of nitrogens with zero attached hydrogens (tertiary/aromatic N) is 3. The second kappa shape index (κ2) is 7.48. The Hall–Kier alpha value is -3.74. The first-order valence-electron chi connectivity index (χ1n) is 9.01. The molecular formula is C21H28N6O. The van der Waals surface area contributed by atoms with Crippen LogP contribution in [0.2, 0.25) is 0 Å². The summed E-state index contributed by atoms with van der Waals surface area (Å²) < 4.78 is 0. The van der Waals surface area contributed by atoms with E-state index in [2.05, 4.69) is 25.3 Å². The first-order valence-corrected chi connectivity index (χ1v) is 9.01. The largest absolute Gasteiger partial charge is 0.382 e. The van der Waals surface area contributed by atoms with Gasteiger partial charge in [0.15, 0.2) is 11.6 Å². The Morgan fingerprint density at radius 3 is 2.82 bits per heavy atom. The molecule has 2 aromatic carbocycles. The molecule has 0 atom stereocenters. The second-order valence-electron chi connectivity index (χ2n) is 6.59. The lowest BCUT2D eigenvalue weighted by Crippen LogP contribution is -2.27. The maximum absolute atomic E-state index is 12.5. The van der Waals surface area contributed by atoms with Crippen LogP contribution in [0.4, 0.5) is 5.82 Å². The van der Waals surface area contributed by atoms with Crippen LogP contribution >= 0.6 is 0 Å². The van der Waals surface area contributed by atoms with Crippen LogP contribution in [0.1, 0.15) is 27.3 Å². The van der Waals surface area contributed by atoms with Crippen molar-refractivity contribution in [2.75, 3.05) is 12.3 Å². The van der Waals surface area contributed by atoms with Crippen molar-refractivity contribution in [3.8, 4) is 11.5 Å². The summed E-state index contributed by atoms with van der Waals surface area (Å²) in [5.74, 6) is 0.415. The number of benzene rings is 2. The Morgan fingerprint density at radius 2 is 2.00 bits per heavy atom. The SMILES string of the molecule is Cc1ccc2nc(-c3nc(C(=O)NCCc4ccccc4)cnc3N)[nH]c2c1.[HH].[HH].[HH].[HH]. The molecule has 0 spiro atoms. The topological polar surface area (TPSA) is 110 Å². The van der Waals surface area contributed by atoms with Gasteiger partial charge in [0, 0.05) is 12.3 Å². The van der Waals surface area contributed by atoms with Crippen molar-refractivity contribution < 1.29 is 10.5 Å². The van der Waals surface area contributed by atoms with E-state index in [1.807, 2.05) is 55.5 Å². The number of aryl methyl sites for hydroxylation is 1. The molecule has 0 radical (unpaired) electrons. The third-order valence-electron chi connectivity index (χ3n) is 4.44. The third kappa shape index (κ3) is 3.68. The summed E-state index contributed by atoms with van der Waals surface area (Å²) in [5.41, 5.74) is 10.5. The second-order valence-corrected chi connectivity index (χ2v) is 6.59. The number of amides is 1. The number of H-pyrrole nitrogens is 1. The summed E-state index contributed by atoms with van der Waals surface area (Å²) in [6, 6.07) is 15.9. The average Bonchev–Trinajstić information content (AvgIpc) is 3.12. The van der Waals surface area contributed by atoms with Crippen molar-refractivity contribution in [1.82, 2.24) is 25.3 Å². The fourth-order valence-corrected chi connectivity index (χ4v) is 2.97. The van der Waals surface area contributed by atoms with Crippen LogP contribution in [0, 0.1) is 6.92 Å². The summed E-state index contributed by atoms with van der Waals surface area (Å²) in [6.45, 7) is 2.52. The summed E-state index contributed by atoms with van der Waals surface area (Å²) in [5, 5.41) is 2.87. The molecule has 1 amide bonds. The standard InChI is InChI=1S/C21H20N6O.4H2/c1-13-7-8-15-16(11-13)27-20(26-15)18-19(22)24-12-17(25-18)21(28)23-10-9-14-5-3-2-4-6-14;;;;/h2-8,11-12H,9-10H2,1H3,(H2,22,24)(H,23,28)(H,26,27);4*1H. The fraction of sp³-hybridized carbons (Fsp3) is 0.143. The van der Waals surface area contributed by atoms with E-state index in [1.165, 1.54) is 6.20 Å². The molecule has 7 heteroatoms. The van der Waals surface area contributed by atoms with Crippen molar-refractivity contribution >= 4 is 22.8 Å². The maximum atomic E-state index is 12.5. The Bertz CT molecular complexity index is 1150. The van der Waals surface area contributed by atoms with Gasteiger partial charge in [0.2, 0.25) is 0 Å². The van der Waals surface area contributed by atoms with Gasteiger partial charge in [-0.1, -0.05) is 36.4 Å². The number of carbonyl (C=O) groups excluding carboxylic acids is 1. The number of hydrogen-bond donors (Lipinski definition) is 3. The Kier molecular flexibility index (Phi) is 4.72. The molecule has 0 saturated heterocycles. The molecular weight excluding hydrogens is 352 g/mol. The van der Waals surface area contributed by atoms with Crippen LogP contribution in [-0.2, 0) is 6.42 Å². The molecule has 2 aromatic heterocycles. The first kappa shape index (κ1) is 17.7. The number of anilines is 1.